The van der Waals surface area contributed by atoms with E-state index in [-0.39, 0.29) is 30.8 Å². The van der Waals surface area contributed by atoms with Gasteiger partial charge in [0.1, 0.15) is 11.9 Å². The average molecular weight is 435 g/mol. The lowest BCUT2D eigenvalue weighted by molar-refractivity contribution is -0.332. The number of hydrogen-bond donors (Lipinski definition) is 2. The van der Waals surface area contributed by atoms with Crippen molar-refractivity contribution >= 4 is 11.8 Å². The van der Waals surface area contributed by atoms with Gasteiger partial charge in [0.15, 0.2) is 5.60 Å². The molecule has 4 rings (SSSR count). The third-order valence-corrected chi connectivity index (χ3v) is 9.95. The first-order valence-electron chi connectivity index (χ1n) is 11.6. The van der Waals surface area contributed by atoms with Crippen LogP contribution in [-0.4, -0.2) is 52.0 Å². The van der Waals surface area contributed by atoms with E-state index in [9.17, 15) is 19.8 Å². The van der Waals surface area contributed by atoms with Gasteiger partial charge < -0.3 is 19.7 Å². The van der Waals surface area contributed by atoms with E-state index in [1.165, 1.54) is 6.92 Å². The van der Waals surface area contributed by atoms with Crippen molar-refractivity contribution in [1.29, 1.82) is 0 Å². The summed E-state index contributed by atoms with van der Waals surface area (Å²) in [5.41, 5.74) is -2.07. The molecule has 0 spiro atoms. The third-order valence-electron chi connectivity index (χ3n) is 9.95. The van der Waals surface area contributed by atoms with Gasteiger partial charge in [0.05, 0.1) is 18.3 Å². The lowest BCUT2D eigenvalue weighted by atomic mass is 9.40. The van der Waals surface area contributed by atoms with Crippen LogP contribution >= 0.6 is 0 Å². The average Bonchev–Trinajstić information content (AvgIpc) is 2.65. The number of ketones is 1. The molecule has 6 heteroatoms. The second kappa shape index (κ2) is 6.64. The minimum absolute atomic E-state index is 0.000233. The third kappa shape index (κ3) is 2.56. The molecular weight excluding hydrogens is 396 g/mol. The number of fused-ring (bicyclic) bond motifs is 5. The zero-order valence-electron chi connectivity index (χ0n) is 20.1. The number of carbonyl (C=O) groups excluding carboxylic acids is 2. The quantitative estimate of drug-likeness (QED) is 0.487. The van der Waals surface area contributed by atoms with Crippen molar-refractivity contribution in [3.63, 3.8) is 0 Å². The zero-order chi connectivity index (χ0) is 23.3. The van der Waals surface area contributed by atoms with Gasteiger partial charge in [0.2, 0.25) is 0 Å². The molecule has 31 heavy (non-hydrogen) atoms. The van der Waals surface area contributed by atoms with E-state index in [4.69, 9.17) is 9.47 Å². The van der Waals surface area contributed by atoms with Crippen LogP contribution in [0.1, 0.15) is 68.2 Å². The molecule has 3 fully saturated rings. The van der Waals surface area contributed by atoms with Crippen LogP contribution in [0.15, 0.2) is 11.1 Å². The summed E-state index contributed by atoms with van der Waals surface area (Å²) < 4.78 is 11.9. The number of ether oxygens (including phenoxy) is 2. The summed E-state index contributed by atoms with van der Waals surface area (Å²) in [4.78, 5) is 26.5. The fraction of sp³-hybridized carbons (Fsp3) is 0.840. The summed E-state index contributed by atoms with van der Waals surface area (Å²) >= 11 is 0. The largest absolute Gasteiger partial charge is 0.454 e. The summed E-state index contributed by atoms with van der Waals surface area (Å²) in [6, 6.07) is 0. The fourth-order valence-corrected chi connectivity index (χ4v) is 8.19. The van der Waals surface area contributed by atoms with Crippen molar-refractivity contribution in [1.82, 2.24) is 0 Å². The van der Waals surface area contributed by atoms with Gasteiger partial charge in [-0.2, -0.15) is 0 Å². The molecule has 2 bridgehead atoms. The number of rotatable bonds is 1. The van der Waals surface area contributed by atoms with E-state index in [1.807, 2.05) is 41.5 Å². The maximum absolute atomic E-state index is 14.3. The number of Topliss-reactive ketones (excluding diaryl/α,β-unsaturated/α-hetero) is 1. The number of aliphatic hydroxyl groups is 2. The Morgan fingerprint density at radius 3 is 2.32 bits per heavy atom. The molecule has 6 nitrogen and oxygen atoms in total. The van der Waals surface area contributed by atoms with Gasteiger partial charge in [-0.15, -0.1) is 0 Å². The highest BCUT2D eigenvalue weighted by Crippen LogP contribution is 2.67. The Balaban J connectivity index is 2.02. The van der Waals surface area contributed by atoms with Crippen LogP contribution in [0.2, 0.25) is 0 Å². The summed E-state index contributed by atoms with van der Waals surface area (Å²) in [7, 11) is 0. The highest BCUT2D eigenvalue weighted by atomic mass is 16.6. The molecule has 0 radical (unpaired) electrons. The Morgan fingerprint density at radius 2 is 1.81 bits per heavy atom. The number of aliphatic hydroxyl groups excluding tert-OH is 1. The van der Waals surface area contributed by atoms with Gasteiger partial charge >= 0.3 is 5.97 Å². The molecule has 0 aromatic rings. The van der Waals surface area contributed by atoms with Gasteiger partial charge in [-0.3, -0.25) is 9.59 Å². The molecule has 0 aromatic heterocycles. The molecular formula is C25H38O6. The molecule has 4 aliphatic rings. The van der Waals surface area contributed by atoms with E-state index in [0.717, 1.165) is 11.1 Å². The highest BCUT2D eigenvalue weighted by Gasteiger charge is 2.74. The monoisotopic (exact) mass is 434 g/mol. The van der Waals surface area contributed by atoms with Gasteiger partial charge in [-0.1, -0.05) is 41.5 Å². The summed E-state index contributed by atoms with van der Waals surface area (Å²) in [6.07, 6.45) is -0.269. The second-order valence-corrected chi connectivity index (χ2v) is 11.5. The molecule has 174 valence electrons. The Labute approximate surface area is 185 Å². The van der Waals surface area contributed by atoms with Crippen LogP contribution in [-0.2, 0) is 19.1 Å². The molecule has 6 unspecified atom stereocenters. The van der Waals surface area contributed by atoms with E-state index in [0.29, 0.717) is 6.42 Å². The van der Waals surface area contributed by atoms with E-state index >= 15 is 0 Å². The summed E-state index contributed by atoms with van der Waals surface area (Å²) in [6.45, 7) is 15.4. The van der Waals surface area contributed by atoms with Crippen LogP contribution in [0.5, 0.6) is 0 Å². The van der Waals surface area contributed by atoms with E-state index < -0.39 is 51.9 Å². The Hall–Kier alpha value is -1.24. The molecule has 9 atom stereocenters. The smallest absolute Gasteiger partial charge is 0.303 e. The molecule has 0 amide bonds. The van der Waals surface area contributed by atoms with Crippen molar-refractivity contribution in [3.05, 3.63) is 11.1 Å². The normalized spacial score (nSPS) is 51.1. The first-order chi connectivity index (χ1) is 14.2. The standard InChI is InChI=1S/C25H38O6/c1-12-9-18-24(11-30-18,31-16(5)26)20-15(4)25(29)10-17(27)13(2)19(22(25,6)7)14(3)21(28)23(12,20)8/h12,14-15,17-18,20,27,29H,9-11H2,1-8H3/t12-,14+,15?,17?,18?,20?,23+,24?,25?/m0/s1. The van der Waals surface area contributed by atoms with Gasteiger partial charge in [-0.05, 0) is 36.3 Å². The Kier molecular flexibility index (Phi) is 4.92. The van der Waals surface area contributed by atoms with Gasteiger partial charge in [0.25, 0.3) is 0 Å². The molecule has 0 aromatic carbocycles. The maximum Gasteiger partial charge on any atom is 0.303 e. The Bertz CT molecular complexity index is 860. The molecule has 1 heterocycles. The minimum atomic E-state index is -1.27. The second-order valence-electron chi connectivity index (χ2n) is 11.5. The van der Waals surface area contributed by atoms with Crippen LogP contribution < -0.4 is 0 Å². The molecule has 3 aliphatic carbocycles. The van der Waals surface area contributed by atoms with Crippen molar-refractivity contribution in [2.45, 2.75) is 91.6 Å². The first kappa shape index (κ1) is 22.9. The zero-order valence-corrected chi connectivity index (χ0v) is 20.1. The van der Waals surface area contributed by atoms with Crippen molar-refractivity contribution in [2.24, 2.45) is 34.5 Å². The van der Waals surface area contributed by atoms with Crippen molar-refractivity contribution in [3.8, 4) is 0 Å². The molecule has 1 aliphatic heterocycles. The van der Waals surface area contributed by atoms with Gasteiger partial charge in [-0.25, -0.2) is 0 Å². The number of carbonyl (C=O) groups is 2. The van der Waals surface area contributed by atoms with Crippen molar-refractivity contribution in [2.75, 3.05) is 6.61 Å². The van der Waals surface area contributed by atoms with Crippen molar-refractivity contribution < 1.29 is 29.3 Å². The molecule has 2 saturated carbocycles. The number of hydrogen-bond acceptors (Lipinski definition) is 6. The van der Waals surface area contributed by atoms with Gasteiger partial charge in [0, 0.05) is 36.0 Å². The van der Waals surface area contributed by atoms with Crippen LogP contribution in [0.25, 0.3) is 0 Å². The van der Waals surface area contributed by atoms with Crippen LogP contribution in [0, 0.1) is 34.5 Å². The van der Waals surface area contributed by atoms with E-state index in [2.05, 4.69) is 6.92 Å². The minimum Gasteiger partial charge on any atom is -0.454 e. The number of esters is 1. The summed E-state index contributed by atoms with van der Waals surface area (Å²) in [5.74, 6) is -1.57. The lowest BCUT2D eigenvalue weighted by Gasteiger charge is -2.68. The molecule has 1 saturated heterocycles. The predicted octanol–water partition coefficient (Wildman–Crippen LogP) is 3.04. The first-order valence-corrected chi connectivity index (χ1v) is 11.6. The SMILES string of the molecule is CC(=O)OC12COC1C[C@H](C)[C@@]1(C)C(=O)[C@H](C)C3=C(C)C(O)CC(O)(C(C)C21)C3(C)C. The topological polar surface area (TPSA) is 93.1 Å². The highest BCUT2D eigenvalue weighted by molar-refractivity contribution is 5.91. The van der Waals surface area contributed by atoms with E-state index in [1.54, 1.807) is 0 Å². The Morgan fingerprint density at radius 1 is 1.19 bits per heavy atom. The van der Waals surface area contributed by atoms with Crippen LogP contribution in [0.3, 0.4) is 0 Å². The maximum atomic E-state index is 14.3. The fourth-order valence-electron chi connectivity index (χ4n) is 8.19. The predicted molar refractivity (Wildman–Crippen MR) is 115 cm³/mol. The van der Waals surface area contributed by atoms with Crippen LogP contribution in [0.4, 0.5) is 0 Å². The molecule has 2 N–H and O–H groups in total. The summed E-state index contributed by atoms with van der Waals surface area (Å²) in [5, 5.41) is 23.3. The lowest BCUT2D eigenvalue weighted by Crippen LogP contribution is -2.78.